The second-order valence-electron chi connectivity index (χ2n) is 8.49. The standard InChI is InChI=1S/C20H32N7O6P/c1-12(14(3)28)25-34(31,26-13(2)19(30)33-15-6-4-5-7-15)11-32-9-8-27-10-22-16-17(27)23-20(21)24-18(16)29/h10,12-13,15H,4-9,11H2,1-3H3,(H2,25,26,31)(H3,21,23,24,29)/t12-,13-,34?/m0/s1. The van der Waals surface area contributed by atoms with Crippen molar-refractivity contribution in [1.82, 2.24) is 29.7 Å². The van der Waals surface area contributed by atoms with E-state index in [9.17, 15) is 18.9 Å². The van der Waals surface area contributed by atoms with Gasteiger partial charge in [0.1, 0.15) is 24.3 Å². The number of aromatic amines is 1. The Morgan fingerprint density at radius 1 is 1.29 bits per heavy atom. The van der Waals surface area contributed by atoms with Gasteiger partial charge in [0.05, 0.1) is 19.0 Å². The molecule has 14 heteroatoms. The summed E-state index contributed by atoms with van der Waals surface area (Å²) < 4.78 is 26.3. The van der Waals surface area contributed by atoms with Gasteiger partial charge >= 0.3 is 5.97 Å². The molecule has 2 aromatic heterocycles. The molecular weight excluding hydrogens is 465 g/mol. The summed E-state index contributed by atoms with van der Waals surface area (Å²) >= 11 is 0. The van der Waals surface area contributed by atoms with Crippen LogP contribution in [0.5, 0.6) is 0 Å². The van der Waals surface area contributed by atoms with Gasteiger partial charge in [0, 0.05) is 6.54 Å². The number of hydrogen-bond donors (Lipinski definition) is 4. The molecule has 34 heavy (non-hydrogen) atoms. The number of ether oxygens (including phenoxy) is 2. The topological polar surface area (TPSA) is 183 Å². The van der Waals surface area contributed by atoms with Crippen molar-refractivity contribution in [3.05, 3.63) is 16.7 Å². The van der Waals surface area contributed by atoms with E-state index in [-0.39, 0.29) is 42.9 Å². The zero-order chi connectivity index (χ0) is 24.9. The van der Waals surface area contributed by atoms with Crippen LogP contribution in [-0.2, 0) is 30.2 Å². The Balaban J connectivity index is 1.61. The molecule has 2 heterocycles. The summed E-state index contributed by atoms with van der Waals surface area (Å²) in [5.41, 5.74) is 5.60. The maximum atomic E-state index is 13.5. The molecule has 1 fully saturated rings. The van der Waals surface area contributed by atoms with Gasteiger partial charge in [-0.05, 0) is 46.5 Å². The monoisotopic (exact) mass is 497 g/mol. The van der Waals surface area contributed by atoms with Crippen molar-refractivity contribution in [2.45, 2.75) is 71.2 Å². The van der Waals surface area contributed by atoms with Gasteiger partial charge in [0.15, 0.2) is 11.2 Å². The second kappa shape index (κ2) is 11.2. The molecule has 0 saturated heterocycles. The highest BCUT2D eigenvalue weighted by Gasteiger charge is 2.32. The summed E-state index contributed by atoms with van der Waals surface area (Å²) in [6, 6.07) is -1.57. The number of anilines is 1. The van der Waals surface area contributed by atoms with E-state index in [0.717, 1.165) is 25.7 Å². The lowest BCUT2D eigenvalue weighted by atomic mass is 10.3. The van der Waals surface area contributed by atoms with Crippen molar-refractivity contribution in [2.75, 3.05) is 18.7 Å². The molecule has 2 aromatic rings. The van der Waals surface area contributed by atoms with Gasteiger partial charge in [-0.1, -0.05) is 0 Å². The maximum Gasteiger partial charge on any atom is 0.323 e. The molecule has 0 aromatic carbocycles. The number of H-pyrrole nitrogens is 1. The van der Waals surface area contributed by atoms with Crippen molar-refractivity contribution in [3.63, 3.8) is 0 Å². The lowest BCUT2D eigenvalue weighted by Crippen LogP contribution is -2.42. The first-order chi connectivity index (χ1) is 16.1. The number of rotatable bonds is 12. The second-order valence-corrected chi connectivity index (χ2v) is 10.7. The minimum Gasteiger partial charge on any atom is -0.461 e. The number of ketones is 1. The van der Waals surface area contributed by atoms with E-state index in [4.69, 9.17) is 15.2 Å². The zero-order valence-corrected chi connectivity index (χ0v) is 20.5. The average Bonchev–Trinajstić information content (AvgIpc) is 3.41. The van der Waals surface area contributed by atoms with Crippen molar-refractivity contribution >= 4 is 36.3 Å². The van der Waals surface area contributed by atoms with Gasteiger partial charge in [0.2, 0.25) is 13.4 Å². The third-order valence-corrected chi connectivity index (χ3v) is 7.75. The first kappa shape index (κ1) is 26.0. The van der Waals surface area contributed by atoms with Crippen molar-refractivity contribution in [1.29, 1.82) is 0 Å². The summed E-state index contributed by atoms with van der Waals surface area (Å²) in [6.45, 7) is 4.89. The van der Waals surface area contributed by atoms with Gasteiger partial charge in [-0.15, -0.1) is 0 Å². The lowest BCUT2D eigenvalue weighted by molar-refractivity contribution is -0.150. The molecule has 5 N–H and O–H groups in total. The van der Waals surface area contributed by atoms with Gasteiger partial charge in [-0.3, -0.25) is 23.9 Å². The van der Waals surface area contributed by atoms with E-state index in [1.54, 1.807) is 18.4 Å². The van der Waals surface area contributed by atoms with Crippen LogP contribution in [0.4, 0.5) is 5.95 Å². The fourth-order valence-electron chi connectivity index (χ4n) is 3.64. The highest BCUT2D eigenvalue weighted by Crippen LogP contribution is 2.37. The molecule has 0 aliphatic heterocycles. The largest absolute Gasteiger partial charge is 0.461 e. The predicted octanol–water partition coefficient (Wildman–Crippen LogP) is 0.900. The lowest BCUT2D eigenvalue weighted by Gasteiger charge is -2.26. The first-order valence-electron chi connectivity index (χ1n) is 11.2. The summed E-state index contributed by atoms with van der Waals surface area (Å²) in [7, 11) is -3.51. The first-order valence-corrected chi connectivity index (χ1v) is 13.1. The summed E-state index contributed by atoms with van der Waals surface area (Å²) in [6.07, 6.45) is 4.73. The number of carbonyl (C=O) groups is 2. The Labute approximate surface area is 196 Å². The van der Waals surface area contributed by atoms with Crippen LogP contribution in [0.15, 0.2) is 11.1 Å². The van der Waals surface area contributed by atoms with Crippen molar-refractivity contribution < 1.29 is 23.6 Å². The zero-order valence-electron chi connectivity index (χ0n) is 19.6. The summed E-state index contributed by atoms with van der Waals surface area (Å²) in [4.78, 5) is 46.6. The van der Waals surface area contributed by atoms with Crippen molar-refractivity contribution in [3.8, 4) is 0 Å². The molecule has 13 nitrogen and oxygen atoms in total. The highest BCUT2D eigenvalue weighted by molar-refractivity contribution is 7.59. The molecule has 3 atom stereocenters. The molecule has 0 spiro atoms. The minimum atomic E-state index is -3.51. The highest BCUT2D eigenvalue weighted by atomic mass is 31.2. The van der Waals surface area contributed by atoms with Crippen LogP contribution < -0.4 is 21.5 Å². The molecule has 1 unspecified atom stereocenters. The third-order valence-electron chi connectivity index (χ3n) is 5.60. The fourth-order valence-corrected chi connectivity index (χ4v) is 5.79. The van der Waals surface area contributed by atoms with Crippen molar-refractivity contribution in [2.24, 2.45) is 0 Å². The van der Waals surface area contributed by atoms with Crippen LogP contribution in [0.3, 0.4) is 0 Å². The van der Waals surface area contributed by atoms with Gasteiger partial charge in [0.25, 0.3) is 5.56 Å². The van der Waals surface area contributed by atoms with Crippen LogP contribution in [0.1, 0.15) is 46.5 Å². The number of hydrogen-bond acceptors (Lipinski definition) is 9. The number of aromatic nitrogens is 4. The molecule has 1 aliphatic rings. The molecule has 1 saturated carbocycles. The van der Waals surface area contributed by atoms with E-state index >= 15 is 0 Å². The van der Waals surface area contributed by atoms with Crippen LogP contribution in [0, 0.1) is 0 Å². The number of nitrogen functional groups attached to an aromatic ring is 1. The number of carbonyl (C=O) groups excluding carboxylic acids is 2. The molecular formula is C20H32N7O6P. The minimum absolute atomic E-state index is 0.0326. The average molecular weight is 497 g/mol. The third kappa shape index (κ3) is 6.72. The number of esters is 1. The number of nitrogens with one attached hydrogen (secondary N) is 3. The van der Waals surface area contributed by atoms with Crippen LogP contribution in [-0.4, -0.2) is 62.4 Å². The number of imidazole rings is 1. The predicted molar refractivity (Wildman–Crippen MR) is 125 cm³/mol. The molecule has 3 rings (SSSR count). The molecule has 0 bridgehead atoms. The molecule has 1 aliphatic carbocycles. The van der Waals surface area contributed by atoms with Gasteiger partial charge < -0.3 is 19.8 Å². The SMILES string of the molecule is CC(=O)[C@H](C)NP(=O)(COCCn1cnc2c(=O)[nH]c(N)nc21)N[C@@H](C)C(=O)OC1CCCC1. The Morgan fingerprint density at radius 2 is 1.97 bits per heavy atom. The van der Waals surface area contributed by atoms with E-state index in [1.165, 1.54) is 13.3 Å². The van der Waals surface area contributed by atoms with E-state index in [2.05, 4.69) is 25.1 Å². The smallest absolute Gasteiger partial charge is 0.323 e. The Morgan fingerprint density at radius 3 is 2.65 bits per heavy atom. The Bertz CT molecular complexity index is 1130. The van der Waals surface area contributed by atoms with E-state index in [0.29, 0.717) is 5.65 Å². The van der Waals surface area contributed by atoms with Gasteiger partial charge in [-0.2, -0.15) is 4.98 Å². The normalized spacial score (nSPS) is 18.0. The Kier molecular flexibility index (Phi) is 8.58. The fraction of sp³-hybridized carbons (Fsp3) is 0.650. The maximum absolute atomic E-state index is 13.5. The van der Waals surface area contributed by atoms with Crippen LogP contribution in [0.25, 0.3) is 11.2 Å². The molecule has 0 radical (unpaired) electrons. The summed E-state index contributed by atoms with van der Waals surface area (Å²) in [5, 5.41) is 5.57. The quantitative estimate of drug-likeness (QED) is 0.186. The molecule has 0 amide bonds. The van der Waals surface area contributed by atoms with Gasteiger partial charge in [-0.25, -0.2) is 15.2 Å². The number of nitrogens with zero attached hydrogens (tertiary/aromatic N) is 3. The molecule has 188 valence electrons. The Hall–Kier alpha value is -2.60. The number of fused-ring (bicyclic) bond motifs is 1. The van der Waals surface area contributed by atoms with Crippen LogP contribution >= 0.6 is 7.44 Å². The summed E-state index contributed by atoms with van der Waals surface area (Å²) in [5.74, 6) is -0.736. The number of nitrogens with two attached hydrogens (primary N) is 1. The van der Waals surface area contributed by atoms with Crippen LogP contribution in [0.2, 0.25) is 0 Å². The van der Waals surface area contributed by atoms with E-state index < -0.39 is 31.1 Å². The van der Waals surface area contributed by atoms with E-state index in [1.807, 2.05) is 0 Å². The number of Topliss-reactive ketones (excluding diaryl/α,β-unsaturated/α-hetero) is 1.